The summed E-state index contributed by atoms with van der Waals surface area (Å²) in [6.07, 6.45) is 9.55. The van der Waals surface area contributed by atoms with Crippen molar-refractivity contribution < 1.29 is 0 Å². The average molecular weight is 316 g/mol. The molecule has 15 heavy (non-hydrogen) atoms. The molecular formula is C14H21I. The molecule has 1 rings (SSSR count). The summed E-state index contributed by atoms with van der Waals surface area (Å²) in [6, 6.07) is 0. The Balaban J connectivity index is 2.86. The summed E-state index contributed by atoms with van der Waals surface area (Å²) in [4.78, 5) is 0. The zero-order valence-corrected chi connectivity index (χ0v) is 12.3. The summed E-state index contributed by atoms with van der Waals surface area (Å²) in [5.41, 5.74) is 3.29. The van der Waals surface area contributed by atoms with E-state index in [9.17, 15) is 0 Å². The first-order valence-corrected chi connectivity index (χ1v) is 6.84. The highest BCUT2D eigenvalue weighted by atomic mass is 127. The van der Waals surface area contributed by atoms with Crippen molar-refractivity contribution in [2.24, 2.45) is 11.3 Å². The maximum absolute atomic E-state index is 2.39. The second-order valence-corrected chi connectivity index (χ2v) is 5.79. The van der Waals surface area contributed by atoms with E-state index >= 15 is 0 Å². The minimum absolute atomic E-state index is 0.418. The molecule has 0 aliphatic heterocycles. The third-order valence-corrected chi connectivity index (χ3v) is 4.29. The van der Waals surface area contributed by atoms with Gasteiger partial charge in [-0.2, -0.15) is 0 Å². The van der Waals surface area contributed by atoms with Gasteiger partial charge >= 0.3 is 0 Å². The zero-order chi connectivity index (χ0) is 11.5. The van der Waals surface area contributed by atoms with E-state index in [-0.39, 0.29) is 0 Å². The van der Waals surface area contributed by atoms with Gasteiger partial charge in [-0.15, -0.1) is 0 Å². The Morgan fingerprint density at radius 1 is 1.53 bits per heavy atom. The first-order chi connectivity index (χ1) is 6.97. The van der Waals surface area contributed by atoms with Crippen LogP contribution in [0.25, 0.3) is 0 Å². The normalized spacial score (nSPS) is 26.9. The van der Waals surface area contributed by atoms with Gasteiger partial charge in [0.2, 0.25) is 0 Å². The fraction of sp³-hybridized carbons (Fsp3) is 0.571. The van der Waals surface area contributed by atoms with Crippen molar-refractivity contribution in [2.75, 3.05) is 0 Å². The molecule has 0 radical (unpaired) electrons. The predicted molar refractivity (Wildman–Crippen MR) is 77.2 cm³/mol. The van der Waals surface area contributed by atoms with Crippen LogP contribution in [0.2, 0.25) is 0 Å². The molecular weight excluding hydrogens is 295 g/mol. The Kier molecular flexibility index (Phi) is 4.63. The highest BCUT2D eigenvalue weighted by molar-refractivity contribution is 14.1. The maximum Gasteiger partial charge on any atom is 0.00285 e. The first kappa shape index (κ1) is 13.0. The Morgan fingerprint density at radius 3 is 2.73 bits per heavy atom. The molecule has 0 N–H and O–H groups in total. The lowest BCUT2D eigenvalue weighted by molar-refractivity contribution is 0.255. The monoisotopic (exact) mass is 316 g/mol. The number of hydrogen-bond donors (Lipinski definition) is 0. The SMILES string of the molecule is CC1=CCCC(C)(C)C1/C=C/C(C)=C/I. The van der Waals surface area contributed by atoms with Crippen LogP contribution >= 0.6 is 22.6 Å². The van der Waals surface area contributed by atoms with E-state index in [4.69, 9.17) is 0 Å². The van der Waals surface area contributed by atoms with Crippen molar-refractivity contribution in [2.45, 2.75) is 40.5 Å². The standard InChI is InChI=1S/C14H21I/c1-11(10-15)7-8-13-12(2)6-5-9-14(13,3)4/h6-8,10,13H,5,9H2,1-4H3/b8-7+,11-10+. The second kappa shape index (κ2) is 5.33. The topological polar surface area (TPSA) is 0 Å². The number of hydrogen-bond acceptors (Lipinski definition) is 0. The van der Waals surface area contributed by atoms with Crippen LogP contribution in [0.1, 0.15) is 40.5 Å². The Bertz CT molecular complexity index is 305. The van der Waals surface area contributed by atoms with Crippen molar-refractivity contribution in [1.82, 2.24) is 0 Å². The van der Waals surface area contributed by atoms with Gasteiger partial charge in [-0.05, 0) is 41.8 Å². The molecule has 1 aliphatic rings. The number of allylic oxidation sites excluding steroid dienone is 5. The van der Waals surface area contributed by atoms with Crippen molar-refractivity contribution in [3.05, 3.63) is 33.5 Å². The quantitative estimate of drug-likeness (QED) is 0.370. The van der Waals surface area contributed by atoms with Crippen molar-refractivity contribution in [3.8, 4) is 0 Å². The number of rotatable bonds is 2. The summed E-state index contributed by atoms with van der Waals surface area (Å²) < 4.78 is 2.13. The summed E-state index contributed by atoms with van der Waals surface area (Å²) in [6.45, 7) is 9.17. The zero-order valence-electron chi connectivity index (χ0n) is 10.2. The van der Waals surface area contributed by atoms with E-state index in [2.05, 4.69) is 72.6 Å². The summed E-state index contributed by atoms with van der Waals surface area (Å²) in [7, 11) is 0. The fourth-order valence-corrected chi connectivity index (χ4v) is 2.47. The van der Waals surface area contributed by atoms with Gasteiger partial charge < -0.3 is 0 Å². The van der Waals surface area contributed by atoms with Gasteiger partial charge in [0.25, 0.3) is 0 Å². The van der Waals surface area contributed by atoms with Crippen molar-refractivity contribution >= 4 is 22.6 Å². The molecule has 1 heteroatoms. The van der Waals surface area contributed by atoms with Crippen LogP contribution in [0.5, 0.6) is 0 Å². The Labute approximate surface area is 108 Å². The summed E-state index contributed by atoms with van der Waals surface area (Å²) in [5.74, 6) is 0.609. The molecule has 0 nitrogen and oxygen atoms in total. The Morgan fingerprint density at radius 2 is 2.20 bits per heavy atom. The van der Waals surface area contributed by atoms with Gasteiger partial charge in [0.1, 0.15) is 0 Å². The van der Waals surface area contributed by atoms with E-state index < -0.39 is 0 Å². The third kappa shape index (κ3) is 3.47. The summed E-state index contributed by atoms with van der Waals surface area (Å²) >= 11 is 2.29. The van der Waals surface area contributed by atoms with Gasteiger partial charge in [-0.25, -0.2) is 0 Å². The molecule has 0 saturated heterocycles. The highest BCUT2D eigenvalue weighted by Crippen LogP contribution is 2.41. The minimum Gasteiger partial charge on any atom is -0.0850 e. The van der Waals surface area contributed by atoms with E-state index in [1.165, 1.54) is 24.0 Å². The molecule has 0 amide bonds. The molecule has 0 bridgehead atoms. The molecule has 1 aliphatic carbocycles. The molecule has 1 atom stereocenters. The van der Waals surface area contributed by atoms with Gasteiger partial charge in [-0.1, -0.05) is 60.2 Å². The molecule has 84 valence electrons. The van der Waals surface area contributed by atoms with E-state index in [0.717, 1.165) is 0 Å². The molecule has 1 unspecified atom stereocenters. The van der Waals surface area contributed by atoms with Crippen LogP contribution in [-0.2, 0) is 0 Å². The lowest BCUT2D eigenvalue weighted by Crippen LogP contribution is -2.26. The number of halogens is 1. The van der Waals surface area contributed by atoms with Crippen molar-refractivity contribution in [1.29, 1.82) is 0 Å². The highest BCUT2D eigenvalue weighted by Gasteiger charge is 2.30. The summed E-state index contributed by atoms with van der Waals surface area (Å²) in [5, 5.41) is 0. The molecule has 0 fully saturated rings. The van der Waals surface area contributed by atoms with Crippen LogP contribution in [0.3, 0.4) is 0 Å². The van der Waals surface area contributed by atoms with E-state index in [0.29, 0.717) is 11.3 Å². The van der Waals surface area contributed by atoms with Gasteiger partial charge in [-0.3, -0.25) is 0 Å². The second-order valence-electron chi connectivity index (χ2n) is 5.17. The van der Waals surface area contributed by atoms with Crippen LogP contribution in [-0.4, -0.2) is 0 Å². The van der Waals surface area contributed by atoms with Gasteiger partial charge in [0.15, 0.2) is 0 Å². The molecule has 0 heterocycles. The molecule has 0 aromatic carbocycles. The molecule has 0 aromatic heterocycles. The third-order valence-electron chi connectivity index (χ3n) is 3.31. The van der Waals surface area contributed by atoms with E-state index in [1.54, 1.807) is 0 Å². The van der Waals surface area contributed by atoms with Gasteiger partial charge in [0, 0.05) is 5.92 Å². The lowest BCUT2D eigenvalue weighted by Gasteiger charge is -2.36. The molecule has 0 spiro atoms. The average Bonchev–Trinajstić information content (AvgIpc) is 2.15. The molecule has 0 saturated carbocycles. The Hall–Kier alpha value is -0.0500. The lowest BCUT2D eigenvalue weighted by atomic mass is 9.68. The fourth-order valence-electron chi connectivity index (χ4n) is 2.27. The van der Waals surface area contributed by atoms with Crippen LogP contribution in [0.4, 0.5) is 0 Å². The first-order valence-electron chi connectivity index (χ1n) is 5.59. The van der Waals surface area contributed by atoms with E-state index in [1.807, 2.05) is 0 Å². The largest absolute Gasteiger partial charge is 0.0850 e. The van der Waals surface area contributed by atoms with Crippen LogP contribution in [0.15, 0.2) is 33.5 Å². The maximum atomic E-state index is 2.39. The predicted octanol–water partition coefficient (Wildman–Crippen LogP) is 5.26. The van der Waals surface area contributed by atoms with Gasteiger partial charge in [0.05, 0.1) is 0 Å². The smallest absolute Gasteiger partial charge is 0.00285 e. The van der Waals surface area contributed by atoms with Crippen molar-refractivity contribution in [3.63, 3.8) is 0 Å². The van der Waals surface area contributed by atoms with Crippen LogP contribution < -0.4 is 0 Å². The minimum atomic E-state index is 0.418. The molecule has 0 aromatic rings. The van der Waals surface area contributed by atoms with Crippen LogP contribution in [0, 0.1) is 11.3 Å².